The molecule has 5 nitrogen and oxygen atoms in total. The molecule has 0 radical (unpaired) electrons. The topological polar surface area (TPSA) is 43.3 Å². The molecular weight excluding hydrogens is 420 g/mol. The highest BCUT2D eigenvalue weighted by Crippen LogP contribution is 2.52. The molecule has 0 N–H and O–H groups in total. The van der Waals surface area contributed by atoms with E-state index in [0.29, 0.717) is 0 Å². The number of fused-ring (bicyclic) bond motifs is 4. The van der Waals surface area contributed by atoms with Gasteiger partial charge in [-0.2, -0.15) is 5.10 Å². The molecule has 1 fully saturated rings. The first-order chi connectivity index (χ1) is 13.6. The Balaban J connectivity index is 1.58. The Labute approximate surface area is 173 Å². The summed E-state index contributed by atoms with van der Waals surface area (Å²) < 4.78 is 18.5. The highest BCUT2D eigenvalue weighted by Gasteiger charge is 2.51. The zero-order valence-corrected chi connectivity index (χ0v) is 17.7. The second kappa shape index (κ2) is 6.69. The number of hydrogen-bond donors (Lipinski definition) is 0. The van der Waals surface area contributed by atoms with E-state index in [4.69, 9.17) is 19.3 Å². The number of hydrazone groups is 1. The third kappa shape index (κ3) is 2.69. The van der Waals surface area contributed by atoms with Crippen LogP contribution in [-0.2, 0) is 0 Å². The van der Waals surface area contributed by atoms with E-state index in [1.165, 1.54) is 18.4 Å². The second-order valence-electron chi connectivity index (χ2n) is 7.62. The normalized spacial score (nSPS) is 21.8. The van der Waals surface area contributed by atoms with E-state index in [0.717, 1.165) is 52.3 Å². The molecule has 1 unspecified atom stereocenters. The molecule has 0 amide bonds. The van der Waals surface area contributed by atoms with Crippen molar-refractivity contribution in [2.24, 2.45) is 5.10 Å². The number of rotatable bonds is 3. The van der Waals surface area contributed by atoms with Crippen LogP contribution in [0, 0.1) is 0 Å². The molecule has 2 aromatic rings. The number of methoxy groups -OCH3 is 2. The first-order valence-electron chi connectivity index (χ1n) is 9.71. The zero-order valence-electron chi connectivity index (χ0n) is 16.1. The van der Waals surface area contributed by atoms with E-state index in [1.807, 2.05) is 12.1 Å². The Morgan fingerprint density at radius 3 is 2.61 bits per heavy atom. The van der Waals surface area contributed by atoms with Crippen LogP contribution in [0.25, 0.3) is 0 Å². The minimum Gasteiger partial charge on any atom is -0.493 e. The van der Waals surface area contributed by atoms with Gasteiger partial charge in [0.25, 0.3) is 0 Å². The number of hydrogen-bond acceptors (Lipinski definition) is 5. The van der Waals surface area contributed by atoms with E-state index in [9.17, 15) is 0 Å². The summed E-state index contributed by atoms with van der Waals surface area (Å²) in [5.74, 6) is 2.45. The minimum absolute atomic E-state index is 0.197. The molecule has 6 heteroatoms. The number of nitrogens with zero attached hydrogens (tertiary/aromatic N) is 2. The molecule has 1 spiro atoms. The van der Waals surface area contributed by atoms with E-state index >= 15 is 0 Å². The summed E-state index contributed by atoms with van der Waals surface area (Å²) in [5.41, 5.74) is 3.01. The molecule has 2 heterocycles. The van der Waals surface area contributed by atoms with Crippen LogP contribution in [0.2, 0.25) is 0 Å². The van der Waals surface area contributed by atoms with Crippen molar-refractivity contribution >= 4 is 21.6 Å². The maximum absolute atomic E-state index is 6.57. The lowest BCUT2D eigenvalue weighted by molar-refractivity contribution is -0.114. The maximum atomic E-state index is 6.57. The van der Waals surface area contributed by atoms with Crippen molar-refractivity contribution < 1.29 is 14.2 Å². The van der Waals surface area contributed by atoms with Crippen molar-refractivity contribution in [2.75, 3.05) is 14.2 Å². The molecule has 1 aliphatic carbocycles. The van der Waals surface area contributed by atoms with Crippen molar-refractivity contribution in [3.63, 3.8) is 0 Å². The van der Waals surface area contributed by atoms with Gasteiger partial charge in [-0.1, -0.05) is 15.9 Å². The Morgan fingerprint density at radius 1 is 1.07 bits per heavy atom. The minimum atomic E-state index is -0.316. The van der Waals surface area contributed by atoms with Gasteiger partial charge in [-0.05, 0) is 49.2 Å². The zero-order chi connectivity index (χ0) is 19.3. The fourth-order valence-electron chi connectivity index (χ4n) is 4.70. The third-order valence-electron chi connectivity index (χ3n) is 6.06. The third-order valence-corrected chi connectivity index (χ3v) is 6.55. The van der Waals surface area contributed by atoms with E-state index in [2.05, 4.69) is 45.2 Å². The first kappa shape index (κ1) is 17.9. The van der Waals surface area contributed by atoms with Crippen LogP contribution in [-0.4, -0.2) is 30.7 Å². The summed E-state index contributed by atoms with van der Waals surface area (Å²) in [4.78, 5) is 0. The molecule has 28 heavy (non-hydrogen) atoms. The van der Waals surface area contributed by atoms with Gasteiger partial charge in [0.15, 0.2) is 17.2 Å². The lowest BCUT2D eigenvalue weighted by Crippen LogP contribution is -2.51. The highest BCUT2D eigenvalue weighted by molar-refractivity contribution is 9.10. The monoisotopic (exact) mass is 442 g/mol. The molecule has 0 aromatic heterocycles. The summed E-state index contributed by atoms with van der Waals surface area (Å²) in [5, 5.41) is 7.33. The van der Waals surface area contributed by atoms with Gasteiger partial charge in [-0.3, -0.25) is 0 Å². The maximum Gasteiger partial charge on any atom is 0.198 e. The number of halogens is 1. The molecule has 0 saturated heterocycles. The van der Waals surface area contributed by atoms with Crippen LogP contribution < -0.4 is 14.2 Å². The van der Waals surface area contributed by atoms with Gasteiger partial charge in [0.2, 0.25) is 0 Å². The van der Waals surface area contributed by atoms with Crippen molar-refractivity contribution in [3.8, 4) is 17.2 Å². The van der Waals surface area contributed by atoms with Crippen LogP contribution in [0.3, 0.4) is 0 Å². The lowest BCUT2D eigenvalue weighted by atomic mass is 9.94. The van der Waals surface area contributed by atoms with Crippen LogP contribution in [0.5, 0.6) is 17.2 Å². The first-order valence-corrected chi connectivity index (χ1v) is 10.5. The largest absolute Gasteiger partial charge is 0.493 e. The van der Waals surface area contributed by atoms with Crippen LogP contribution in [0.1, 0.15) is 49.3 Å². The molecule has 2 aliphatic heterocycles. The van der Waals surface area contributed by atoms with E-state index < -0.39 is 0 Å². The van der Waals surface area contributed by atoms with Crippen LogP contribution in [0.4, 0.5) is 0 Å². The molecule has 0 bridgehead atoms. The summed E-state index contributed by atoms with van der Waals surface area (Å²) in [6, 6.07) is 12.5. The van der Waals surface area contributed by atoms with Crippen molar-refractivity contribution in [1.82, 2.24) is 5.01 Å². The molecule has 1 saturated carbocycles. The number of ether oxygens (including phenoxy) is 3. The molecule has 2 aromatic carbocycles. The summed E-state index contributed by atoms with van der Waals surface area (Å²) >= 11 is 3.62. The van der Waals surface area contributed by atoms with Gasteiger partial charge >= 0.3 is 0 Å². The molecule has 5 rings (SSSR count). The second-order valence-corrected chi connectivity index (χ2v) is 8.53. The Hall–Kier alpha value is -2.21. The fourth-order valence-corrected chi connectivity index (χ4v) is 5.08. The van der Waals surface area contributed by atoms with Gasteiger partial charge < -0.3 is 14.2 Å². The average Bonchev–Trinajstić information content (AvgIpc) is 3.37. The predicted octanol–water partition coefficient (Wildman–Crippen LogP) is 5.28. The Kier molecular flexibility index (Phi) is 4.27. The average molecular weight is 443 g/mol. The van der Waals surface area contributed by atoms with Crippen molar-refractivity contribution in [1.29, 1.82) is 0 Å². The lowest BCUT2D eigenvalue weighted by Gasteiger charge is -2.45. The van der Waals surface area contributed by atoms with Crippen molar-refractivity contribution in [2.45, 2.75) is 43.9 Å². The predicted molar refractivity (Wildman–Crippen MR) is 111 cm³/mol. The highest BCUT2D eigenvalue weighted by atomic mass is 79.9. The van der Waals surface area contributed by atoms with Gasteiger partial charge in [-0.25, -0.2) is 5.01 Å². The SMILES string of the molecule is COc1ccc(C2=NN3C(C2)c2cc(Br)ccc2OC32CCCC2)cc1OC. The van der Waals surface area contributed by atoms with Gasteiger partial charge in [0.1, 0.15) is 5.75 Å². The summed E-state index contributed by atoms with van der Waals surface area (Å²) in [7, 11) is 3.32. The number of benzene rings is 2. The molecular formula is C22H23BrN2O3. The van der Waals surface area contributed by atoms with Gasteiger partial charge in [-0.15, -0.1) is 0 Å². The summed E-state index contributed by atoms with van der Waals surface area (Å²) in [6.45, 7) is 0. The smallest absolute Gasteiger partial charge is 0.198 e. The Morgan fingerprint density at radius 2 is 1.86 bits per heavy atom. The molecule has 146 valence electrons. The molecule has 3 aliphatic rings. The van der Waals surface area contributed by atoms with Gasteiger partial charge in [0, 0.05) is 34.9 Å². The Bertz CT molecular complexity index is 953. The van der Waals surface area contributed by atoms with E-state index in [1.54, 1.807) is 14.2 Å². The van der Waals surface area contributed by atoms with Gasteiger partial charge in [0.05, 0.1) is 26.0 Å². The quantitative estimate of drug-likeness (QED) is 0.648. The standard InChI is InChI=1S/C22H23BrN2O3/c1-26-20-7-5-14(11-21(20)27-2)17-13-18-16-12-15(23)6-8-19(16)28-22(25(18)24-17)9-3-4-10-22/h5-8,11-12,18H,3-4,9-10,13H2,1-2H3. The van der Waals surface area contributed by atoms with E-state index in [-0.39, 0.29) is 11.8 Å². The van der Waals surface area contributed by atoms with Crippen molar-refractivity contribution in [3.05, 3.63) is 52.0 Å². The molecule has 1 atom stereocenters. The fraction of sp³-hybridized carbons (Fsp3) is 0.409. The van der Waals surface area contributed by atoms with Crippen LogP contribution >= 0.6 is 15.9 Å². The van der Waals surface area contributed by atoms with Crippen LogP contribution in [0.15, 0.2) is 46.0 Å². The summed E-state index contributed by atoms with van der Waals surface area (Å²) in [6.07, 6.45) is 5.24.